The molecule has 1 amide bonds. The summed E-state index contributed by atoms with van der Waals surface area (Å²) in [6.07, 6.45) is 4.85. The van der Waals surface area contributed by atoms with E-state index in [4.69, 9.17) is 4.74 Å². The van der Waals surface area contributed by atoms with E-state index in [9.17, 15) is 14.9 Å². The molecule has 40 heavy (non-hydrogen) atoms. The number of hydrogen-bond donors (Lipinski definition) is 3. The van der Waals surface area contributed by atoms with E-state index < -0.39 is 0 Å². The van der Waals surface area contributed by atoms with Gasteiger partial charge in [0.2, 0.25) is 5.91 Å². The molecule has 2 aliphatic heterocycles. The molecular formula is C27H30BrN8O4+. The van der Waals surface area contributed by atoms with Crippen molar-refractivity contribution >= 4 is 49.9 Å². The number of rotatable bonds is 9. The summed E-state index contributed by atoms with van der Waals surface area (Å²) in [5, 5.41) is 21.4. The SMILES string of the molecule is CN1CNC([N+](=O)[O-])=C1C[N+]1(C/C=C/C(=O)Nc2ccc3ncnc(Nc4cccc(Br)c4)c3c2)CCOCC1. The maximum absolute atomic E-state index is 12.8. The van der Waals surface area contributed by atoms with Crippen LogP contribution in [0.4, 0.5) is 17.2 Å². The van der Waals surface area contributed by atoms with E-state index in [2.05, 4.69) is 41.8 Å². The van der Waals surface area contributed by atoms with Crippen LogP contribution in [-0.2, 0) is 9.53 Å². The van der Waals surface area contributed by atoms with Crippen LogP contribution in [0.5, 0.6) is 0 Å². The third-order valence-corrected chi connectivity index (χ3v) is 7.55. The van der Waals surface area contributed by atoms with Crippen LogP contribution in [0.3, 0.4) is 0 Å². The minimum atomic E-state index is -0.368. The molecule has 13 heteroatoms. The van der Waals surface area contributed by atoms with E-state index in [0.717, 1.165) is 21.1 Å². The van der Waals surface area contributed by atoms with Crippen molar-refractivity contribution in [1.29, 1.82) is 0 Å². The highest BCUT2D eigenvalue weighted by Crippen LogP contribution is 2.27. The summed E-state index contributed by atoms with van der Waals surface area (Å²) in [6.45, 7) is 3.96. The second-order valence-corrected chi connectivity index (χ2v) is 10.7. The molecular weight excluding hydrogens is 580 g/mol. The Bertz CT molecular complexity index is 1490. The van der Waals surface area contributed by atoms with Gasteiger partial charge in [0.15, 0.2) is 12.4 Å². The van der Waals surface area contributed by atoms with Gasteiger partial charge >= 0.3 is 5.82 Å². The summed E-state index contributed by atoms with van der Waals surface area (Å²) in [7, 11) is 1.84. The van der Waals surface area contributed by atoms with E-state index in [0.29, 0.717) is 67.7 Å². The van der Waals surface area contributed by atoms with Gasteiger partial charge in [0, 0.05) is 34.4 Å². The highest BCUT2D eigenvalue weighted by atomic mass is 79.9. The number of nitro groups is 1. The second-order valence-electron chi connectivity index (χ2n) is 9.81. The number of carbonyl (C=O) groups excluding carboxylic acids is 1. The van der Waals surface area contributed by atoms with Crippen molar-refractivity contribution in [3.05, 3.63) is 87.0 Å². The quantitative estimate of drug-likeness (QED) is 0.144. The first-order valence-corrected chi connectivity index (χ1v) is 13.6. The molecule has 0 atom stereocenters. The number of fused-ring (bicyclic) bond motifs is 1. The van der Waals surface area contributed by atoms with Crippen LogP contribution in [0.2, 0.25) is 0 Å². The van der Waals surface area contributed by atoms with E-state index in [1.54, 1.807) is 6.07 Å². The van der Waals surface area contributed by atoms with E-state index >= 15 is 0 Å². The molecule has 0 radical (unpaired) electrons. The van der Waals surface area contributed by atoms with Gasteiger partial charge < -0.3 is 34.9 Å². The van der Waals surface area contributed by atoms with Gasteiger partial charge in [-0.3, -0.25) is 10.1 Å². The lowest BCUT2D eigenvalue weighted by atomic mass is 10.2. The number of likely N-dealkylation sites (N-methyl/N-ethyl adjacent to an activating group) is 1. The fraction of sp³-hybridized carbons (Fsp3) is 0.296. The van der Waals surface area contributed by atoms with Crippen molar-refractivity contribution in [2.24, 2.45) is 0 Å². The topological polar surface area (TPSA) is 135 Å². The van der Waals surface area contributed by atoms with E-state index in [1.807, 2.05) is 54.4 Å². The summed E-state index contributed by atoms with van der Waals surface area (Å²) in [5.74, 6) is 0.402. The predicted octanol–water partition coefficient (Wildman–Crippen LogP) is 3.42. The number of halogens is 1. The van der Waals surface area contributed by atoms with Crippen molar-refractivity contribution in [3.63, 3.8) is 0 Å². The normalized spacial score (nSPS) is 16.8. The van der Waals surface area contributed by atoms with Crippen molar-refractivity contribution in [1.82, 2.24) is 20.2 Å². The fourth-order valence-corrected chi connectivity index (χ4v) is 5.29. The Morgan fingerprint density at radius 1 is 1.23 bits per heavy atom. The number of quaternary nitrogens is 1. The highest BCUT2D eigenvalue weighted by Gasteiger charge is 2.38. The Morgan fingerprint density at radius 3 is 2.83 bits per heavy atom. The Balaban J connectivity index is 1.29. The summed E-state index contributed by atoms with van der Waals surface area (Å²) < 4.78 is 7.08. The average Bonchev–Trinajstić information content (AvgIpc) is 3.29. The number of amides is 1. The maximum Gasteiger partial charge on any atom is 0.342 e. The van der Waals surface area contributed by atoms with Crippen LogP contribution >= 0.6 is 15.9 Å². The number of morpholine rings is 1. The van der Waals surface area contributed by atoms with Crippen LogP contribution < -0.4 is 16.0 Å². The van der Waals surface area contributed by atoms with Crippen LogP contribution in [0.25, 0.3) is 10.9 Å². The number of ether oxygens (including phenoxy) is 1. The summed E-state index contributed by atoms with van der Waals surface area (Å²) in [5.41, 5.74) is 2.89. The lowest BCUT2D eigenvalue weighted by Gasteiger charge is -2.41. The second kappa shape index (κ2) is 12.0. The molecule has 2 aliphatic rings. The van der Waals surface area contributed by atoms with Crippen LogP contribution in [0.1, 0.15) is 0 Å². The highest BCUT2D eigenvalue weighted by molar-refractivity contribution is 9.10. The molecule has 1 saturated heterocycles. The monoisotopic (exact) mass is 609 g/mol. The molecule has 5 rings (SSSR count). The predicted molar refractivity (Wildman–Crippen MR) is 155 cm³/mol. The summed E-state index contributed by atoms with van der Waals surface area (Å²) in [6, 6.07) is 13.2. The number of nitrogens with zero attached hydrogens (tertiary/aromatic N) is 5. The van der Waals surface area contributed by atoms with Crippen LogP contribution in [-0.4, -0.2) is 83.3 Å². The first-order valence-electron chi connectivity index (χ1n) is 12.8. The Hall–Kier alpha value is -4.07. The van der Waals surface area contributed by atoms with Crippen LogP contribution in [0.15, 0.2) is 76.9 Å². The van der Waals surface area contributed by atoms with Crippen LogP contribution in [0, 0.1) is 10.1 Å². The number of anilines is 3. The molecule has 208 valence electrons. The molecule has 3 heterocycles. The molecule has 2 aromatic carbocycles. The molecule has 1 fully saturated rings. The molecule has 12 nitrogen and oxygen atoms in total. The molecule has 3 N–H and O–H groups in total. The minimum absolute atomic E-state index is 0.0438. The van der Waals surface area contributed by atoms with Crippen molar-refractivity contribution in [2.75, 3.05) is 63.7 Å². The van der Waals surface area contributed by atoms with Crippen molar-refractivity contribution in [3.8, 4) is 0 Å². The fourth-order valence-electron chi connectivity index (χ4n) is 4.89. The van der Waals surface area contributed by atoms with Gasteiger partial charge in [0.1, 0.15) is 31.8 Å². The van der Waals surface area contributed by atoms with Gasteiger partial charge in [-0.2, -0.15) is 0 Å². The van der Waals surface area contributed by atoms with Gasteiger partial charge in [0.05, 0.1) is 25.3 Å². The molecule has 0 bridgehead atoms. The minimum Gasteiger partial charge on any atom is -0.370 e. The summed E-state index contributed by atoms with van der Waals surface area (Å²) in [4.78, 5) is 34.6. The number of benzene rings is 2. The summed E-state index contributed by atoms with van der Waals surface area (Å²) >= 11 is 3.48. The average molecular weight is 610 g/mol. The van der Waals surface area contributed by atoms with E-state index in [1.165, 1.54) is 12.4 Å². The molecule has 1 aromatic heterocycles. The van der Waals surface area contributed by atoms with Gasteiger partial charge in [-0.15, -0.1) is 0 Å². The Labute approximate surface area is 239 Å². The van der Waals surface area contributed by atoms with Crippen molar-refractivity contribution in [2.45, 2.75) is 0 Å². The largest absolute Gasteiger partial charge is 0.370 e. The van der Waals surface area contributed by atoms with Gasteiger partial charge in [-0.1, -0.05) is 22.0 Å². The molecule has 3 aromatic rings. The maximum atomic E-state index is 12.8. The third-order valence-electron chi connectivity index (χ3n) is 7.06. The zero-order valence-corrected chi connectivity index (χ0v) is 23.6. The third kappa shape index (κ3) is 6.38. The number of nitrogens with one attached hydrogen (secondary N) is 3. The first kappa shape index (κ1) is 27.5. The van der Waals surface area contributed by atoms with Crippen molar-refractivity contribution < 1.29 is 18.9 Å². The lowest BCUT2D eigenvalue weighted by molar-refractivity contribution is -0.926. The molecule has 0 saturated carbocycles. The zero-order chi connectivity index (χ0) is 28.1. The molecule has 0 unspecified atom stereocenters. The first-order chi connectivity index (χ1) is 19.3. The molecule has 0 aliphatic carbocycles. The Morgan fingerprint density at radius 2 is 2.05 bits per heavy atom. The smallest absolute Gasteiger partial charge is 0.342 e. The lowest BCUT2D eigenvalue weighted by Crippen LogP contribution is -2.57. The number of hydrogen-bond acceptors (Lipinski definition) is 9. The van der Waals surface area contributed by atoms with Gasteiger partial charge in [0.25, 0.3) is 0 Å². The van der Waals surface area contributed by atoms with Gasteiger partial charge in [-0.05, 0) is 47.4 Å². The Kier molecular flexibility index (Phi) is 8.24. The zero-order valence-electron chi connectivity index (χ0n) is 22.0. The number of carbonyl (C=O) groups is 1. The van der Waals surface area contributed by atoms with E-state index in [-0.39, 0.29) is 16.7 Å². The van der Waals surface area contributed by atoms with Gasteiger partial charge in [-0.25, -0.2) is 9.97 Å². The molecule has 0 spiro atoms. The standard InChI is InChI=1S/C27H29BrN8O4/c1-34-18-31-27(35(38)39)24(34)16-36(10-12-40-13-11-36)9-3-6-25(37)32-21-7-8-23-22(15-21)26(30-17-29-23)33-20-5-2-4-19(28)14-20/h2-8,14-15,17,31H,9-13,16,18H2,1H3,(H-,29,30,32,33,37)/p+1/b6-3+. The number of aromatic nitrogens is 2.